The van der Waals surface area contributed by atoms with Gasteiger partial charge in [0.05, 0.1) is 33.5 Å². The van der Waals surface area contributed by atoms with E-state index in [-0.39, 0.29) is 0 Å². The summed E-state index contributed by atoms with van der Waals surface area (Å²) in [5.74, 6) is 0.708. The lowest BCUT2D eigenvalue weighted by Gasteiger charge is -2.12. The van der Waals surface area contributed by atoms with Gasteiger partial charge < -0.3 is 13.6 Å². The summed E-state index contributed by atoms with van der Waals surface area (Å²) in [6, 6.07) is 68.4. The van der Waals surface area contributed by atoms with Gasteiger partial charge in [-0.1, -0.05) is 127 Å². The molecule has 0 atom stereocenters. The van der Waals surface area contributed by atoms with Gasteiger partial charge >= 0.3 is 0 Å². The third-order valence-electron chi connectivity index (χ3n) is 11.3. The van der Waals surface area contributed by atoms with Crippen LogP contribution < -0.4 is 0 Å². The zero-order valence-corrected chi connectivity index (χ0v) is 30.7. The lowest BCUT2D eigenvalue weighted by molar-refractivity contribution is 0.669. The summed E-state index contributed by atoms with van der Waals surface area (Å²) in [7, 11) is 0. The number of hydrogen-bond acceptors (Lipinski definition) is 3. The monoisotopic (exact) mass is 728 g/mol. The van der Waals surface area contributed by atoms with Crippen molar-refractivity contribution in [3.63, 3.8) is 0 Å². The van der Waals surface area contributed by atoms with E-state index < -0.39 is 0 Å². The Balaban J connectivity index is 1.04. The molecular formula is C52H32N4O. The van der Waals surface area contributed by atoms with Crippen molar-refractivity contribution in [1.82, 2.24) is 19.1 Å². The number of hydrogen-bond donors (Lipinski definition) is 0. The molecule has 0 aliphatic rings. The fourth-order valence-electron chi connectivity index (χ4n) is 8.78. The molecule has 12 rings (SSSR count). The first-order chi connectivity index (χ1) is 28.3. The predicted octanol–water partition coefficient (Wildman–Crippen LogP) is 13.6. The average Bonchev–Trinajstić information content (AvgIpc) is 3.94. The summed E-state index contributed by atoms with van der Waals surface area (Å²) in [5, 5.41) is 7.17. The summed E-state index contributed by atoms with van der Waals surface area (Å²) in [6.45, 7) is 0. The molecule has 0 saturated carbocycles. The zero-order valence-electron chi connectivity index (χ0n) is 30.7. The molecule has 0 spiro atoms. The molecule has 0 saturated heterocycles. The quantitative estimate of drug-likeness (QED) is 0.177. The van der Waals surface area contributed by atoms with Crippen molar-refractivity contribution >= 4 is 65.6 Å². The van der Waals surface area contributed by atoms with Crippen LogP contribution in [-0.2, 0) is 0 Å². The molecule has 12 aromatic rings. The van der Waals surface area contributed by atoms with Crippen LogP contribution in [0.4, 0.5) is 0 Å². The van der Waals surface area contributed by atoms with Gasteiger partial charge in [0.15, 0.2) is 5.82 Å². The molecule has 0 fully saturated rings. The van der Waals surface area contributed by atoms with Crippen molar-refractivity contribution in [3.8, 4) is 45.3 Å². The first-order valence-corrected chi connectivity index (χ1v) is 19.2. The predicted molar refractivity (Wildman–Crippen MR) is 234 cm³/mol. The molecule has 57 heavy (non-hydrogen) atoms. The van der Waals surface area contributed by atoms with E-state index in [4.69, 9.17) is 14.4 Å². The van der Waals surface area contributed by atoms with E-state index in [0.29, 0.717) is 5.82 Å². The van der Waals surface area contributed by atoms with Crippen molar-refractivity contribution in [2.24, 2.45) is 0 Å². The minimum absolute atomic E-state index is 0.708. The normalized spacial score (nSPS) is 11.9. The molecule has 5 nitrogen and oxygen atoms in total. The summed E-state index contributed by atoms with van der Waals surface area (Å²) in [4.78, 5) is 10.1. The highest BCUT2D eigenvalue weighted by atomic mass is 16.3. The van der Waals surface area contributed by atoms with Crippen LogP contribution in [-0.4, -0.2) is 19.1 Å². The smallest absolute Gasteiger partial charge is 0.160 e. The summed E-state index contributed by atoms with van der Waals surface area (Å²) < 4.78 is 11.0. The van der Waals surface area contributed by atoms with Gasteiger partial charge in [0.1, 0.15) is 11.2 Å². The molecule has 0 amide bonds. The average molecular weight is 729 g/mol. The summed E-state index contributed by atoms with van der Waals surface area (Å²) >= 11 is 0. The fraction of sp³-hybridized carbons (Fsp3) is 0. The van der Waals surface area contributed by atoms with Crippen molar-refractivity contribution < 1.29 is 4.42 Å². The second-order valence-electron chi connectivity index (χ2n) is 14.6. The van der Waals surface area contributed by atoms with Crippen LogP contribution >= 0.6 is 0 Å². The lowest BCUT2D eigenvalue weighted by Crippen LogP contribution is -1.97. The summed E-state index contributed by atoms with van der Waals surface area (Å²) in [5.41, 5.74) is 13.5. The van der Waals surface area contributed by atoms with Gasteiger partial charge in [-0.2, -0.15) is 0 Å². The summed E-state index contributed by atoms with van der Waals surface area (Å²) in [6.07, 6.45) is 0. The third kappa shape index (κ3) is 4.89. The first kappa shape index (κ1) is 31.6. The number of furan rings is 1. The van der Waals surface area contributed by atoms with Gasteiger partial charge in [-0.3, -0.25) is 0 Å². The molecule has 0 unspecified atom stereocenters. The Morgan fingerprint density at radius 1 is 0.333 bits per heavy atom. The van der Waals surface area contributed by atoms with E-state index >= 15 is 0 Å². The van der Waals surface area contributed by atoms with Gasteiger partial charge in [0, 0.05) is 60.4 Å². The van der Waals surface area contributed by atoms with Gasteiger partial charge in [0.25, 0.3) is 0 Å². The molecule has 5 heteroatoms. The van der Waals surface area contributed by atoms with Gasteiger partial charge in [-0.15, -0.1) is 0 Å². The van der Waals surface area contributed by atoms with E-state index in [2.05, 4.69) is 155 Å². The minimum Gasteiger partial charge on any atom is -0.456 e. The second kappa shape index (κ2) is 12.4. The van der Waals surface area contributed by atoms with E-state index in [0.717, 1.165) is 72.4 Å². The largest absolute Gasteiger partial charge is 0.456 e. The van der Waals surface area contributed by atoms with Gasteiger partial charge in [-0.05, 0) is 66.7 Å². The number of aromatic nitrogens is 4. The fourth-order valence-corrected chi connectivity index (χ4v) is 8.78. The lowest BCUT2D eigenvalue weighted by atomic mass is 10.1. The molecule has 0 bridgehead atoms. The number of rotatable bonds is 5. The SMILES string of the molecule is c1ccc(-c2cc(-c3ccc(-n4c5ccccc5c5c6c7ccccc7n(-c7ccc8oc9ccccc9c8c7)c6ccc54)cc3)nc(-c3ccccc3)n2)cc1. The van der Waals surface area contributed by atoms with E-state index in [1.54, 1.807) is 0 Å². The molecule has 266 valence electrons. The topological polar surface area (TPSA) is 48.8 Å². The Hall–Kier alpha value is -7.76. The van der Waals surface area contributed by atoms with Crippen LogP contribution in [0.15, 0.2) is 199 Å². The molecule has 4 heterocycles. The zero-order chi connectivity index (χ0) is 37.5. The third-order valence-corrected chi connectivity index (χ3v) is 11.3. The van der Waals surface area contributed by atoms with Crippen LogP contribution in [0.3, 0.4) is 0 Å². The van der Waals surface area contributed by atoms with Crippen LogP contribution in [0.5, 0.6) is 0 Å². The molecule has 0 radical (unpaired) electrons. The van der Waals surface area contributed by atoms with Crippen LogP contribution in [0.1, 0.15) is 0 Å². The Morgan fingerprint density at radius 3 is 1.47 bits per heavy atom. The Kier molecular flexibility index (Phi) is 6.86. The standard InChI is InChI=1S/C52H32N4O/c1-3-13-33(14-4-1)42-32-43(54-52(53-42)35-15-5-2-6-16-35)34-23-25-36(26-24-34)55-44-20-10-7-18-39(44)50-46(55)28-29-47-51(50)40-19-8-11-21-45(40)56(47)37-27-30-49-41(31-37)38-17-9-12-22-48(38)57-49/h1-32H. The minimum atomic E-state index is 0.708. The van der Waals surface area contributed by atoms with E-state index in [1.165, 1.54) is 32.6 Å². The van der Waals surface area contributed by atoms with Crippen LogP contribution in [0.25, 0.3) is 111 Å². The Bertz CT molecular complexity index is 3450. The number of para-hydroxylation sites is 3. The first-order valence-electron chi connectivity index (χ1n) is 19.2. The number of fused-ring (bicyclic) bond motifs is 10. The molecule has 0 aliphatic heterocycles. The van der Waals surface area contributed by atoms with Crippen molar-refractivity contribution in [2.45, 2.75) is 0 Å². The van der Waals surface area contributed by atoms with Crippen molar-refractivity contribution in [2.75, 3.05) is 0 Å². The molecule has 4 aromatic heterocycles. The maximum atomic E-state index is 6.21. The van der Waals surface area contributed by atoms with Crippen molar-refractivity contribution in [1.29, 1.82) is 0 Å². The van der Waals surface area contributed by atoms with E-state index in [1.807, 2.05) is 48.5 Å². The van der Waals surface area contributed by atoms with Crippen LogP contribution in [0.2, 0.25) is 0 Å². The van der Waals surface area contributed by atoms with Gasteiger partial charge in [-0.25, -0.2) is 9.97 Å². The molecular weight excluding hydrogens is 697 g/mol. The Morgan fingerprint density at radius 2 is 0.825 bits per heavy atom. The number of benzene rings is 8. The molecule has 0 aliphatic carbocycles. The number of nitrogens with zero attached hydrogens (tertiary/aromatic N) is 4. The van der Waals surface area contributed by atoms with Crippen molar-refractivity contribution in [3.05, 3.63) is 194 Å². The van der Waals surface area contributed by atoms with Crippen LogP contribution in [0, 0.1) is 0 Å². The highest BCUT2D eigenvalue weighted by Crippen LogP contribution is 2.43. The maximum Gasteiger partial charge on any atom is 0.160 e. The highest BCUT2D eigenvalue weighted by molar-refractivity contribution is 6.29. The second-order valence-corrected chi connectivity index (χ2v) is 14.6. The molecule has 8 aromatic carbocycles. The molecule has 0 N–H and O–H groups in total. The Labute approximate surface area is 327 Å². The maximum absolute atomic E-state index is 6.21. The van der Waals surface area contributed by atoms with Gasteiger partial charge in [0.2, 0.25) is 0 Å². The van der Waals surface area contributed by atoms with E-state index in [9.17, 15) is 0 Å². The highest BCUT2D eigenvalue weighted by Gasteiger charge is 2.21.